The minimum absolute atomic E-state index is 0.0967. The Morgan fingerprint density at radius 3 is 2.66 bits per heavy atom. The van der Waals surface area contributed by atoms with Crippen LogP contribution in [0.5, 0.6) is 5.75 Å². The molecule has 3 fully saturated rings. The van der Waals surface area contributed by atoms with Gasteiger partial charge in [-0.25, -0.2) is 0 Å². The maximum atomic E-state index is 12.9. The predicted octanol–water partition coefficient (Wildman–Crippen LogP) is 1.59. The SMILES string of the molecule is CC1(O)CCN([C@H]2CCC[C@@H]2Oc2ccc3c(c2)CN(C2CCC(=O)NC2=O)C3=O)CC1. The Morgan fingerprint density at radius 1 is 1.12 bits per heavy atom. The second-order valence-electron chi connectivity index (χ2n) is 9.91. The summed E-state index contributed by atoms with van der Waals surface area (Å²) in [5, 5.41) is 12.6. The molecule has 172 valence electrons. The Kier molecular flexibility index (Phi) is 5.45. The van der Waals surface area contributed by atoms with Gasteiger partial charge in [0.15, 0.2) is 0 Å². The number of carbonyl (C=O) groups is 3. The fourth-order valence-electron chi connectivity index (χ4n) is 5.60. The third kappa shape index (κ3) is 4.01. The summed E-state index contributed by atoms with van der Waals surface area (Å²) in [6, 6.07) is 5.31. The van der Waals surface area contributed by atoms with Crippen molar-refractivity contribution in [2.75, 3.05) is 13.1 Å². The molecule has 3 amide bonds. The van der Waals surface area contributed by atoms with E-state index >= 15 is 0 Å². The van der Waals surface area contributed by atoms with Crippen LogP contribution < -0.4 is 10.1 Å². The zero-order valence-electron chi connectivity index (χ0n) is 18.5. The number of nitrogens with zero attached hydrogens (tertiary/aromatic N) is 2. The molecule has 3 heterocycles. The summed E-state index contributed by atoms with van der Waals surface area (Å²) >= 11 is 0. The van der Waals surface area contributed by atoms with Crippen molar-refractivity contribution in [1.82, 2.24) is 15.1 Å². The topological polar surface area (TPSA) is 99.2 Å². The first-order chi connectivity index (χ1) is 15.3. The second-order valence-corrected chi connectivity index (χ2v) is 9.91. The number of piperidine rings is 2. The summed E-state index contributed by atoms with van der Waals surface area (Å²) in [6.45, 7) is 4.04. The van der Waals surface area contributed by atoms with Gasteiger partial charge in [0.25, 0.3) is 5.91 Å². The molecule has 4 aliphatic rings. The van der Waals surface area contributed by atoms with Crippen LogP contribution in [0, 0.1) is 0 Å². The average Bonchev–Trinajstić information content (AvgIpc) is 3.33. The molecule has 2 saturated heterocycles. The molecule has 2 N–H and O–H groups in total. The van der Waals surface area contributed by atoms with Gasteiger partial charge < -0.3 is 14.7 Å². The lowest BCUT2D eigenvalue weighted by Crippen LogP contribution is -2.52. The Balaban J connectivity index is 1.26. The van der Waals surface area contributed by atoms with Crippen molar-refractivity contribution < 1.29 is 24.2 Å². The van der Waals surface area contributed by atoms with Crippen LogP contribution in [0.25, 0.3) is 0 Å². The molecule has 0 bridgehead atoms. The lowest BCUT2D eigenvalue weighted by atomic mass is 9.92. The van der Waals surface area contributed by atoms with Gasteiger partial charge in [0, 0.05) is 37.7 Å². The lowest BCUT2D eigenvalue weighted by molar-refractivity contribution is -0.136. The first-order valence-corrected chi connectivity index (χ1v) is 11.7. The van der Waals surface area contributed by atoms with E-state index in [1.54, 1.807) is 11.0 Å². The van der Waals surface area contributed by atoms with Crippen LogP contribution >= 0.6 is 0 Å². The third-order valence-electron chi connectivity index (χ3n) is 7.54. The molecule has 5 rings (SSSR count). The number of nitrogens with one attached hydrogen (secondary N) is 1. The fourth-order valence-corrected chi connectivity index (χ4v) is 5.60. The van der Waals surface area contributed by atoms with Gasteiger partial charge in [0.05, 0.1) is 5.60 Å². The van der Waals surface area contributed by atoms with Gasteiger partial charge in [-0.3, -0.25) is 24.6 Å². The number of hydrogen-bond donors (Lipinski definition) is 2. The minimum Gasteiger partial charge on any atom is -0.489 e. The van der Waals surface area contributed by atoms with Crippen molar-refractivity contribution >= 4 is 17.7 Å². The number of imide groups is 1. The van der Waals surface area contributed by atoms with Crippen LogP contribution in [-0.4, -0.2) is 69.5 Å². The van der Waals surface area contributed by atoms with Gasteiger partial charge in [-0.2, -0.15) is 0 Å². The molecule has 1 aromatic rings. The van der Waals surface area contributed by atoms with Crippen molar-refractivity contribution in [2.24, 2.45) is 0 Å². The van der Waals surface area contributed by atoms with Crippen LogP contribution in [0.3, 0.4) is 0 Å². The largest absolute Gasteiger partial charge is 0.489 e. The van der Waals surface area contributed by atoms with E-state index in [4.69, 9.17) is 4.74 Å². The molecule has 32 heavy (non-hydrogen) atoms. The monoisotopic (exact) mass is 441 g/mol. The fraction of sp³-hybridized carbons (Fsp3) is 0.625. The van der Waals surface area contributed by atoms with Gasteiger partial charge in [-0.15, -0.1) is 0 Å². The summed E-state index contributed by atoms with van der Waals surface area (Å²) in [4.78, 5) is 40.6. The standard InChI is InChI=1S/C24H31N3O5/c1-24(31)9-11-26(12-10-24)18-3-2-4-20(18)32-16-5-6-17-15(13-16)14-27(23(17)30)19-7-8-21(28)25-22(19)29/h5-6,13,18-20,31H,2-4,7-12,14H2,1H3,(H,25,28,29)/t18-,19?,20-/m0/s1. The van der Waals surface area contributed by atoms with Gasteiger partial charge in [-0.1, -0.05) is 0 Å². The number of likely N-dealkylation sites (tertiary alicyclic amines) is 1. The molecule has 1 unspecified atom stereocenters. The first kappa shape index (κ1) is 21.4. The molecule has 0 spiro atoms. The number of carbonyl (C=O) groups excluding carboxylic acids is 3. The lowest BCUT2D eigenvalue weighted by Gasteiger charge is -2.40. The van der Waals surface area contributed by atoms with Crippen molar-refractivity contribution in [1.29, 1.82) is 0 Å². The van der Waals surface area contributed by atoms with E-state index in [9.17, 15) is 19.5 Å². The smallest absolute Gasteiger partial charge is 0.255 e. The Morgan fingerprint density at radius 2 is 1.91 bits per heavy atom. The minimum atomic E-state index is -0.604. The van der Waals surface area contributed by atoms with Crippen LogP contribution in [0.15, 0.2) is 18.2 Å². The molecule has 3 aliphatic heterocycles. The first-order valence-electron chi connectivity index (χ1n) is 11.7. The van der Waals surface area contributed by atoms with Crippen molar-refractivity contribution in [2.45, 2.75) is 82.2 Å². The maximum Gasteiger partial charge on any atom is 0.255 e. The van der Waals surface area contributed by atoms with E-state index in [0.717, 1.165) is 56.5 Å². The molecular formula is C24H31N3O5. The van der Waals surface area contributed by atoms with Crippen LogP contribution in [0.2, 0.25) is 0 Å². The highest BCUT2D eigenvalue weighted by Crippen LogP contribution is 2.34. The summed E-state index contributed by atoms with van der Waals surface area (Å²) in [6.07, 6.45) is 5.49. The number of rotatable bonds is 4. The summed E-state index contributed by atoms with van der Waals surface area (Å²) in [5.74, 6) is -0.0922. The van der Waals surface area contributed by atoms with Gasteiger partial charge in [-0.05, 0) is 69.2 Å². The summed E-state index contributed by atoms with van der Waals surface area (Å²) < 4.78 is 6.41. The molecule has 8 heteroatoms. The molecule has 1 aromatic carbocycles. The zero-order chi connectivity index (χ0) is 22.5. The highest BCUT2D eigenvalue weighted by Gasteiger charge is 2.40. The highest BCUT2D eigenvalue weighted by atomic mass is 16.5. The van der Waals surface area contributed by atoms with E-state index in [-0.39, 0.29) is 24.3 Å². The summed E-state index contributed by atoms with van der Waals surface area (Å²) in [5.41, 5.74) is 0.899. The highest BCUT2D eigenvalue weighted by molar-refractivity contribution is 6.05. The van der Waals surface area contributed by atoms with E-state index < -0.39 is 17.6 Å². The number of ether oxygens (including phenoxy) is 1. The maximum absolute atomic E-state index is 12.9. The van der Waals surface area contributed by atoms with Crippen LogP contribution in [0.1, 0.15) is 67.8 Å². The van der Waals surface area contributed by atoms with E-state index in [1.165, 1.54) is 0 Å². The van der Waals surface area contributed by atoms with E-state index in [0.29, 0.717) is 24.6 Å². The Hall–Kier alpha value is -2.45. The number of hydrogen-bond acceptors (Lipinski definition) is 6. The quantitative estimate of drug-likeness (QED) is 0.689. The number of benzene rings is 1. The second kappa shape index (κ2) is 8.15. The average molecular weight is 442 g/mol. The number of fused-ring (bicyclic) bond motifs is 1. The Labute approximate surface area is 187 Å². The third-order valence-corrected chi connectivity index (χ3v) is 7.54. The van der Waals surface area contributed by atoms with Crippen LogP contribution in [-0.2, 0) is 16.1 Å². The molecule has 8 nitrogen and oxygen atoms in total. The van der Waals surface area contributed by atoms with Crippen molar-refractivity contribution in [3.05, 3.63) is 29.3 Å². The van der Waals surface area contributed by atoms with Gasteiger partial charge in [0.1, 0.15) is 17.9 Å². The van der Waals surface area contributed by atoms with Gasteiger partial charge in [0.2, 0.25) is 11.8 Å². The zero-order valence-corrected chi connectivity index (χ0v) is 18.5. The van der Waals surface area contributed by atoms with Crippen LogP contribution in [0.4, 0.5) is 0 Å². The van der Waals surface area contributed by atoms with Crippen molar-refractivity contribution in [3.63, 3.8) is 0 Å². The molecule has 3 atom stereocenters. The number of amides is 3. The van der Waals surface area contributed by atoms with E-state index in [2.05, 4.69) is 10.2 Å². The molecule has 0 aromatic heterocycles. The molecular weight excluding hydrogens is 410 g/mol. The predicted molar refractivity (Wildman–Crippen MR) is 116 cm³/mol. The Bertz CT molecular complexity index is 936. The number of aliphatic hydroxyl groups is 1. The van der Waals surface area contributed by atoms with Crippen molar-refractivity contribution in [3.8, 4) is 5.75 Å². The summed E-state index contributed by atoms with van der Waals surface area (Å²) in [7, 11) is 0. The van der Waals surface area contributed by atoms with Gasteiger partial charge >= 0.3 is 0 Å². The molecule has 1 aliphatic carbocycles. The normalized spacial score (nSPS) is 30.4. The van der Waals surface area contributed by atoms with E-state index in [1.807, 2.05) is 19.1 Å². The molecule has 1 saturated carbocycles. The molecule has 0 radical (unpaired) electrons.